The van der Waals surface area contributed by atoms with Gasteiger partial charge in [-0.3, -0.25) is 14.4 Å². The number of primary amides is 1. The van der Waals surface area contributed by atoms with E-state index in [1.165, 1.54) is 13.2 Å². The highest BCUT2D eigenvalue weighted by Gasteiger charge is 2.34. The molecule has 2 aliphatic heterocycles. The molecular formula is C35H52N4O8. The minimum atomic E-state index is -0.958. The van der Waals surface area contributed by atoms with Gasteiger partial charge in [0.2, 0.25) is 11.6 Å². The zero-order valence-electron chi connectivity index (χ0n) is 28.8. The highest BCUT2D eigenvalue weighted by Crippen LogP contribution is 2.29. The van der Waals surface area contributed by atoms with Crippen LogP contribution in [0.25, 0.3) is 0 Å². The third-order valence-corrected chi connectivity index (χ3v) is 8.96. The third kappa shape index (κ3) is 10.5. The van der Waals surface area contributed by atoms with Crippen molar-refractivity contribution < 1.29 is 38.1 Å². The Morgan fingerprint density at radius 3 is 2.38 bits per heavy atom. The number of carbonyl (C=O) groups excluding carboxylic acids is 4. The molecule has 3 aliphatic rings. The van der Waals surface area contributed by atoms with E-state index in [0.717, 1.165) is 32.5 Å². The van der Waals surface area contributed by atoms with Crippen molar-refractivity contribution in [1.82, 2.24) is 15.5 Å². The lowest BCUT2D eigenvalue weighted by molar-refractivity contribution is -0.120. The molecule has 6 atom stereocenters. The van der Waals surface area contributed by atoms with Gasteiger partial charge in [-0.05, 0) is 64.1 Å². The van der Waals surface area contributed by atoms with Crippen molar-refractivity contribution in [2.75, 3.05) is 47.5 Å². The van der Waals surface area contributed by atoms with Crippen molar-refractivity contribution in [3.63, 3.8) is 0 Å². The Hall–Kier alpha value is -3.58. The Kier molecular flexibility index (Phi) is 14.6. The number of hydrogen-bond donors (Lipinski definition) is 3. The molecule has 2 amide bonds. The average Bonchev–Trinajstić information content (AvgIpc) is 3.54. The van der Waals surface area contributed by atoms with E-state index in [4.69, 9.17) is 24.7 Å². The number of nitrogens with one attached hydrogen (secondary N) is 2. The number of nitrogens with zero attached hydrogens (tertiary/aromatic N) is 1. The number of nitrogens with two attached hydrogens (primary N) is 1. The van der Waals surface area contributed by atoms with E-state index >= 15 is 0 Å². The maximum Gasteiger partial charge on any atom is 0.405 e. The number of likely N-dealkylation sites (tertiary alicyclic amines) is 1. The van der Waals surface area contributed by atoms with Crippen LogP contribution in [0, 0.1) is 11.8 Å². The zero-order chi connectivity index (χ0) is 34.7. The minimum absolute atomic E-state index is 0.0712. The topological polar surface area (TPSA) is 159 Å². The molecule has 0 aromatic heterocycles. The van der Waals surface area contributed by atoms with Crippen molar-refractivity contribution in [2.24, 2.45) is 17.6 Å². The number of fused-ring (bicyclic) bond motifs is 2. The first kappa shape index (κ1) is 37.9. The van der Waals surface area contributed by atoms with Gasteiger partial charge in [-0.1, -0.05) is 38.2 Å². The molecule has 3 rings (SSSR count). The lowest BCUT2D eigenvalue weighted by Gasteiger charge is -2.32. The monoisotopic (exact) mass is 656 g/mol. The molecule has 6 unspecified atom stereocenters. The number of rotatable bonds is 8. The first-order chi connectivity index (χ1) is 22.4. The predicted molar refractivity (Wildman–Crippen MR) is 178 cm³/mol. The van der Waals surface area contributed by atoms with E-state index in [2.05, 4.69) is 15.5 Å². The summed E-state index contributed by atoms with van der Waals surface area (Å²) in [4.78, 5) is 54.7. The maximum atomic E-state index is 13.9. The average molecular weight is 657 g/mol. The van der Waals surface area contributed by atoms with E-state index in [1.54, 1.807) is 39.4 Å². The Labute approximate surface area is 278 Å². The van der Waals surface area contributed by atoms with E-state index in [0.29, 0.717) is 24.1 Å². The molecule has 0 saturated carbocycles. The number of ether oxygens (including phenoxy) is 4. The van der Waals surface area contributed by atoms with Crippen LogP contribution >= 0.6 is 0 Å². The van der Waals surface area contributed by atoms with Gasteiger partial charge in [0, 0.05) is 57.6 Å². The van der Waals surface area contributed by atoms with Crippen LogP contribution in [0.3, 0.4) is 0 Å². The summed E-state index contributed by atoms with van der Waals surface area (Å²) in [5.41, 5.74) is 6.93. The lowest BCUT2D eigenvalue weighted by atomic mass is 9.85. The summed E-state index contributed by atoms with van der Waals surface area (Å²) in [5.74, 6) is -1.60. The van der Waals surface area contributed by atoms with Crippen LogP contribution in [0.5, 0.6) is 0 Å². The molecule has 4 N–H and O–H groups in total. The van der Waals surface area contributed by atoms with Crippen LogP contribution in [-0.2, 0) is 33.3 Å². The second kappa shape index (κ2) is 18.1. The molecule has 47 heavy (non-hydrogen) atoms. The molecule has 0 aromatic carbocycles. The van der Waals surface area contributed by atoms with Crippen molar-refractivity contribution in [3.8, 4) is 0 Å². The van der Waals surface area contributed by atoms with Crippen LogP contribution < -0.4 is 16.4 Å². The second-order valence-corrected chi connectivity index (χ2v) is 12.6. The Morgan fingerprint density at radius 2 is 1.77 bits per heavy atom. The van der Waals surface area contributed by atoms with Gasteiger partial charge in [-0.15, -0.1) is 0 Å². The molecular weight excluding hydrogens is 604 g/mol. The molecule has 0 aromatic rings. The number of Topliss-reactive ketones (excluding diaryl/α,β-unsaturated/α-hetero) is 1. The van der Waals surface area contributed by atoms with Gasteiger partial charge in [0.05, 0.1) is 23.6 Å². The second-order valence-electron chi connectivity index (χ2n) is 12.6. The largest absolute Gasteiger partial charge is 0.439 e. The first-order valence-corrected chi connectivity index (χ1v) is 16.3. The fourth-order valence-electron chi connectivity index (χ4n) is 6.48. The van der Waals surface area contributed by atoms with Crippen LogP contribution in [0.15, 0.2) is 58.5 Å². The van der Waals surface area contributed by atoms with Crippen LogP contribution in [0.2, 0.25) is 0 Å². The zero-order valence-corrected chi connectivity index (χ0v) is 28.8. The minimum Gasteiger partial charge on any atom is -0.439 e. The third-order valence-electron chi connectivity index (χ3n) is 8.96. The number of allylic oxidation sites excluding steroid dienone is 4. The smallest absolute Gasteiger partial charge is 0.405 e. The lowest BCUT2D eigenvalue weighted by Crippen LogP contribution is -2.39. The Morgan fingerprint density at radius 1 is 1.06 bits per heavy atom. The van der Waals surface area contributed by atoms with Gasteiger partial charge >= 0.3 is 6.09 Å². The number of hydrogen-bond acceptors (Lipinski definition) is 10. The highest BCUT2D eigenvalue weighted by atomic mass is 16.6. The molecule has 1 fully saturated rings. The van der Waals surface area contributed by atoms with E-state index in [1.807, 2.05) is 26.8 Å². The fraction of sp³-hybridized carbons (Fsp3) is 0.600. The number of ketones is 2. The first-order valence-electron chi connectivity index (χ1n) is 16.3. The van der Waals surface area contributed by atoms with Gasteiger partial charge in [0.15, 0.2) is 6.10 Å². The summed E-state index contributed by atoms with van der Waals surface area (Å²) in [7, 11) is 4.69. The summed E-state index contributed by atoms with van der Waals surface area (Å²) >= 11 is 0. The number of methoxy groups -OCH3 is 3. The maximum absolute atomic E-state index is 13.9. The Bertz CT molecular complexity index is 1310. The number of carbonyl (C=O) groups is 4. The quantitative estimate of drug-likeness (QED) is 0.262. The van der Waals surface area contributed by atoms with Crippen LogP contribution in [-0.4, -0.2) is 100 Å². The molecule has 260 valence electrons. The molecule has 1 saturated heterocycles. The standard InChI is InChI=1S/C35H52N4O8/c1-21-17-25-30(37-13-16-39-14-8-9-15-39)27(40)20-26(31(25)41)38-34(42)22(2)11-10-12-28(44-5)33(47-35(36)43)24(4)19-23(3)32(46-7)29(18-21)45-6/h10-12,19-21,23,28-29,32-33,37H,8-9,13-18H2,1-7H3,(H2,36,43)(H,38,42)/b12-10-,22-11-,24-19-. The van der Waals surface area contributed by atoms with Gasteiger partial charge in [-0.2, -0.15) is 0 Å². The van der Waals surface area contributed by atoms with Crippen molar-refractivity contribution in [3.05, 3.63) is 58.5 Å². The molecule has 0 spiro atoms. The summed E-state index contributed by atoms with van der Waals surface area (Å²) < 4.78 is 23.0. The summed E-state index contributed by atoms with van der Waals surface area (Å²) in [6, 6.07) is 0. The van der Waals surface area contributed by atoms with E-state index < -0.39 is 36.1 Å². The van der Waals surface area contributed by atoms with Crippen LogP contribution in [0.1, 0.15) is 53.4 Å². The molecule has 1 aliphatic carbocycles. The SMILES string of the molecule is COC1/C=C\C=C(\C)C(=O)NC2=CC(=O)C(NCCN3CCCC3)=C(CC(C)CC(OC)C(OC)C(C)/C=C(/C)C1OC(N)=O)C2=O. The molecule has 0 radical (unpaired) electrons. The van der Waals surface area contributed by atoms with Crippen molar-refractivity contribution >= 4 is 23.6 Å². The molecule has 2 bridgehead atoms. The molecule has 12 nitrogen and oxygen atoms in total. The van der Waals surface area contributed by atoms with E-state index in [9.17, 15) is 19.2 Å². The fourth-order valence-corrected chi connectivity index (χ4v) is 6.48. The summed E-state index contributed by atoms with van der Waals surface area (Å²) in [5, 5.41) is 5.90. The molecule has 2 heterocycles. The number of amides is 2. The van der Waals surface area contributed by atoms with E-state index in [-0.39, 0.29) is 47.1 Å². The predicted octanol–water partition coefficient (Wildman–Crippen LogP) is 3.10. The van der Waals surface area contributed by atoms with Gasteiger partial charge < -0.3 is 40.2 Å². The van der Waals surface area contributed by atoms with Crippen LogP contribution in [0.4, 0.5) is 4.79 Å². The Balaban J connectivity index is 2.04. The van der Waals surface area contributed by atoms with Crippen molar-refractivity contribution in [2.45, 2.75) is 77.8 Å². The highest BCUT2D eigenvalue weighted by molar-refractivity contribution is 6.23. The van der Waals surface area contributed by atoms with Gasteiger partial charge in [-0.25, -0.2) is 4.79 Å². The summed E-state index contributed by atoms with van der Waals surface area (Å²) in [6.45, 7) is 10.7. The van der Waals surface area contributed by atoms with Gasteiger partial charge in [0.25, 0.3) is 5.91 Å². The molecule has 12 heteroatoms. The normalized spacial score (nSPS) is 31.7. The van der Waals surface area contributed by atoms with Crippen molar-refractivity contribution in [1.29, 1.82) is 0 Å². The van der Waals surface area contributed by atoms with Gasteiger partial charge in [0.1, 0.15) is 6.10 Å². The summed E-state index contributed by atoms with van der Waals surface area (Å²) in [6.07, 6.45) is 7.70.